The summed E-state index contributed by atoms with van der Waals surface area (Å²) >= 11 is 0. The molecule has 0 aliphatic carbocycles. The molecule has 3 rings (SSSR count). The van der Waals surface area contributed by atoms with E-state index in [2.05, 4.69) is 40.9 Å². The topological polar surface area (TPSA) is 67.2 Å². The third kappa shape index (κ3) is 2.98. The highest BCUT2D eigenvalue weighted by molar-refractivity contribution is 5.47. The van der Waals surface area contributed by atoms with E-state index in [4.69, 9.17) is 0 Å². The van der Waals surface area contributed by atoms with Crippen LogP contribution in [0.5, 0.6) is 0 Å². The summed E-state index contributed by atoms with van der Waals surface area (Å²) in [7, 11) is 3.65. The molecular formula is C17H24N6O. The van der Waals surface area contributed by atoms with E-state index >= 15 is 0 Å². The van der Waals surface area contributed by atoms with Gasteiger partial charge < -0.3 is 14.4 Å². The van der Waals surface area contributed by atoms with Crippen molar-refractivity contribution in [1.82, 2.24) is 19.7 Å². The van der Waals surface area contributed by atoms with Crippen molar-refractivity contribution in [2.75, 3.05) is 29.9 Å². The SMILES string of the molecule is CN(c1nccn(C)c1=O)C1CN(c2ccc(C(C)(C)C)nn2)C1. The molecule has 0 N–H and O–H groups in total. The first kappa shape index (κ1) is 16.4. The molecule has 24 heavy (non-hydrogen) atoms. The Kier molecular flexibility index (Phi) is 4.03. The lowest BCUT2D eigenvalue weighted by Gasteiger charge is -2.44. The van der Waals surface area contributed by atoms with Crippen molar-refractivity contribution in [1.29, 1.82) is 0 Å². The molecule has 7 nitrogen and oxygen atoms in total. The van der Waals surface area contributed by atoms with Gasteiger partial charge in [-0.3, -0.25) is 4.79 Å². The second-order valence-electron chi connectivity index (χ2n) is 7.36. The maximum absolute atomic E-state index is 12.2. The van der Waals surface area contributed by atoms with Crippen LogP contribution in [0, 0.1) is 0 Å². The van der Waals surface area contributed by atoms with Crippen LogP contribution in [0.3, 0.4) is 0 Å². The normalized spacial score (nSPS) is 15.3. The Morgan fingerprint density at radius 3 is 2.50 bits per heavy atom. The summed E-state index contributed by atoms with van der Waals surface area (Å²) < 4.78 is 1.55. The van der Waals surface area contributed by atoms with E-state index in [0.29, 0.717) is 5.82 Å². The second-order valence-corrected chi connectivity index (χ2v) is 7.36. The Balaban J connectivity index is 1.67. The van der Waals surface area contributed by atoms with Crippen LogP contribution in [-0.2, 0) is 12.5 Å². The standard InChI is InChI=1S/C17H24N6O/c1-17(2,3)13-6-7-14(20-19-13)23-10-12(11-23)22(5)15-16(24)21(4)9-8-18-15/h6-9,12H,10-11H2,1-5H3. The van der Waals surface area contributed by atoms with Crippen molar-refractivity contribution in [2.24, 2.45) is 7.05 Å². The Morgan fingerprint density at radius 2 is 1.92 bits per heavy atom. The van der Waals surface area contributed by atoms with E-state index in [-0.39, 0.29) is 17.0 Å². The van der Waals surface area contributed by atoms with Crippen molar-refractivity contribution in [2.45, 2.75) is 32.2 Å². The number of anilines is 2. The van der Waals surface area contributed by atoms with Crippen molar-refractivity contribution in [3.8, 4) is 0 Å². The van der Waals surface area contributed by atoms with Crippen LogP contribution in [-0.4, -0.2) is 45.9 Å². The van der Waals surface area contributed by atoms with Crippen molar-refractivity contribution in [3.05, 3.63) is 40.6 Å². The number of aromatic nitrogens is 4. The van der Waals surface area contributed by atoms with Crippen LogP contribution in [0.25, 0.3) is 0 Å². The van der Waals surface area contributed by atoms with E-state index in [1.54, 1.807) is 24.0 Å². The molecule has 0 amide bonds. The quantitative estimate of drug-likeness (QED) is 0.843. The van der Waals surface area contributed by atoms with Gasteiger partial charge in [-0.1, -0.05) is 20.8 Å². The van der Waals surface area contributed by atoms with Crippen molar-refractivity contribution in [3.63, 3.8) is 0 Å². The lowest BCUT2D eigenvalue weighted by atomic mass is 9.92. The van der Waals surface area contributed by atoms with Crippen LogP contribution in [0.1, 0.15) is 26.5 Å². The zero-order valence-corrected chi connectivity index (χ0v) is 14.9. The molecular weight excluding hydrogens is 304 g/mol. The van der Waals surface area contributed by atoms with Gasteiger partial charge in [-0.25, -0.2) is 4.98 Å². The van der Waals surface area contributed by atoms with Crippen LogP contribution in [0.15, 0.2) is 29.3 Å². The highest BCUT2D eigenvalue weighted by Crippen LogP contribution is 2.25. The highest BCUT2D eigenvalue weighted by Gasteiger charge is 2.33. The molecule has 0 unspecified atom stereocenters. The Hall–Kier alpha value is -2.44. The lowest BCUT2D eigenvalue weighted by Crippen LogP contribution is -2.60. The largest absolute Gasteiger partial charge is 0.351 e. The third-order valence-corrected chi connectivity index (χ3v) is 4.49. The molecule has 1 fully saturated rings. The summed E-state index contributed by atoms with van der Waals surface area (Å²) in [4.78, 5) is 20.5. The second kappa shape index (κ2) is 5.89. The Bertz CT molecular complexity index is 771. The monoisotopic (exact) mass is 328 g/mol. The minimum absolute atomic E-state index is 0.00224. The van der Waals surface area contributed by atoms with Gasteiger partial charge in [0.05, 0.1) is 11.7 Å². The lowest BCUT2D eigenvalue weighted by molar-refractivity contribution is 0.483. The summed E-state index contributed by atoms with van der Waals surface area (Å²) in [6.07, 6.45) is 3.32. The molecule has 0 radical (unpaired) electrons. The Morgan fingerprint density at radius 1 is 1.21 bits per heavy atom. The fraction of sp³-hybridized carbons (Fsp3) is 0.529. The van der Waals surface area contributed by atoms with Crippen LogP contribution < -0.4 is 15.4 Å². The van der Waals surface area contributed by atoms with Gasteiger partial charge in [-0.05, 0) is 12.1 Å². The molecule has 1 aliphatic rings. The summed E-state index contributed by atoms with van der Waals surface area (Å²) in [5.74, 6) is 1.36. The first-order valence-electron chi connectivity index (χ1n) is 8.11. The number of hydrogen-bond acceptors (Lipinski definition) is 6. The first-order chi connectivity index (χ1) is 11.3. The van der Waals surface area contributed by atoms with E-state index in [1.165, 1.54) is 0 Å². The molecule has 2 aromatic heterocycles. The number of rotatable bonds is 3. The summed E-state index contributed by atoms with van der Waals surface area (Å²) in [6, 6.07) is 4.30. The molecule has 7 heteroatoms. The molecule has 0 saturated carbocycles. The molecule has 0 aromatic carbocycles. The number of nitrogens with zero attached hydrogens (tertiary/aromatic N) is 6. The van der Waals surface area contributed by atoms with Gasteiger partial charge in [0.25, 0.3) is 5.56 Å². The predicted molar refractivity (Wildman–Crippen MR) is 94.6 cm³/mol. The fourth-order valence-electron chi connectivity index (χ4n) is 2.68. The van der Waals surface area contributed by atoms with E-state index in [0.717, 1.165) is 24.6 Å². The zero-order valence-electron chi connectivity index (χ0n) is 14.9. The van der Waals surface area contributed by atoms with Crippen molar-refractivity contribution >= 4 is 11.6 Å². The predicted octanol–water partition coefficient (Wildman–Crippen LogP) is 1.19. The van der Waals surface area contributed by atoms with E-state index in [1.807, 2.05) is 24.1 Å². The van der Waals surface area contributed by atoms with Crippen LogP contribution >= 0.6 is 0 Å². The van der Waals surface area contributed by atoms with Gasteiger partial charge in [-0.2, -0.15) is 5.10 Å². The van der Waals surface area contributed by atoms with Gasteiger partial charge in [0, 0.05) is 45.0 Å². The fourth-order valence-corrected chi connectivity index (χ4v) is 2.68. The summed E-state index contributed by atoms with van der Waals surface area (Å²) in [5.41, 5.74) is 0.910. The minimum Gasteiger partial charge on any atom is -0.351 e. The van der Waals surface area contributed by atoms with Crippen molar-refractivity contribution < 1.29 is 0 Å². The van der Waals surface area contributed by atoms with Gasteiger partial charge in [0.15, 0.2) is 11.6 Å². The third-order valence-electron chi connectivity index (χ3n) is 4.49. The molecule has 0 bridgehead atoms. The van der Waals surface area contributed by atoms with Gasteiger partial charge >= 0.3 is 0 Å². The molecule has 3 heterocycles. The minimum atomic E-state index is -0.0761. The van der Waals surface area contributed by atoms with Gasteiger partial charge in [-0.15, -0.1) is 5.10 Å². The molecule has 1 aliphatic heterocycles. The van der Waals surface area contributed by atoms with Gasteiger partial charge in [0.2, 0.25) is 0 Å². The first-order valence-corrected chi connectivity index (χ1v) is 8.11. The number of likely N-dealkylation sites (N-methyl/N-ethyl adjacent to an activating group) is 1. The molecule has 0 atom stereocenters. The molecule has 2 aromatic rings. The molecule has 1 saturated heterocycles. The Labute approximate surface area is 142 Å². The van der Waals surface area contributed by atoms with Crippen LogP contribution in [0.4, 0.5) is 11.6 Å². The summed E-state index contributed by atoms with van der Waals surface area (Å²) in [5, 5.41) is 8.68. The number of aryl methyl sites for hydroxylation is 1. The average molecular weight is 328 g/mol. The van der Waals surface area contributed by atoms with E-state index in [9.17, 15) is 4.79 Å². The van der Waals surface area contributed by atoms with Gasteiger partial charge in [0.1, 0.15) is 0 Å². The number of hydrogen-bond donors (Lipinski definition) is 0. The molecule has 128 valence electrons. The smallest absolute Gasteiger partial charge is 0.293 e. The maximum atomic E-state index is 12.2. The highest BCUT2D eigenvalue weighted by atomic mass is 16.1. The zero-order chi connectivity index (χ0) is 17.5. The van der Waals surface area contributed by atoms with E-state index < -0.39 is 0 Å². The van der Waals surface area contributed by atoms with Crippen LogP contribution in [0.2, 0.25) is 0 Å². The summed E-state index contributed by atoms with van der Waals surface area (Å²) in [6.45, 7) is 7.98. The maximum Gasteiger partial charge on any atom is 0.293 e. The molecule has 0 spiro atoms. The average Bonchev–Trinajstić information content (AvgIpc) is 2.48.